The molecule has 13 nitrogen and oxygen atoms in total. The van der Waals surface area contributed by atoms with Crippen molar-refractivity contribution >= 4 is 35.6 Å². The maximum absolute atomic E-state index is 12.1. The third kappa shape index (κ3) is 9.17. The molecule has 0 fully saturated rings. The number of carboxylic acids is 2. The highest BCUT2D eigenvalue weighted by atomic mass is 16.4. The molecule has 0 spiro atoms. The molecule has 13 heteroatoms. The zero-order valence-electron chi connectivity index (χ0n) is 13.6. The van der Waals surface area contributed by atoms with Crippen molar-refractivity contribution in [3.05, 3.63) is 0 Å². The first-order chi connectivity index (χ1) is 11.9. The van der Waals surface area contributed by atoms with Gasteiger partial charge in [-0.1, -0.05) is 0 Å². The van der Waals surface area contributed by atoms with Crippen LogP contribution in [0.5, 0.6) is 0 Å². The van der Waals surface area contributed by atoms with Crippen LogP contribution in [0.15, 0.2) is 0 Å². The molecule has 0 aromatic carbocycles. The van der Waals surface area contributed by atoms with E-state index in [1.807, 2.05) is 5.32 Å². The Morgan fingerprint density at radius 1 is 0.808 bits per heavy atom. The van der Waals surface area contributed by atoms with E-state index in [0.717, 1.165) is 0 Å². The van der Waals surface area contributed by atoms with Gasteiger partial charge in [0.15, 0.2) is 0 Å². The number of aliphatic carboxylic acids is 2. The summed E-state index contributed by atoms with van der Waals surface area (Å²) >= 11 is 0. The molecule has 0 aromatic rings. The summed E-state index contributed by atoms with van der Waals surface area (Å²) < 4.78 is 0. The van der Waals surface area contributed by atoms with Gasteiger partial charge in [-0.05, 0) is 6.42 Å². The van der Waals surface area contributed by atoms with Crippen molar-refractivity contribution in [3.63, 3.8) is 0 Å². The van der Waals surface area contributed by atoms with E-state index in [2.05, 4.69) is 5.32 Å². The van der Waals surface area contributed by atoms with Gasteiger partial charge in [0.25, 0.3) is 0 Å². The average Bonchev–Trinajstić information content (AvgIpc) is 2.49. The Hall–Kier alpha value is -3.22. The molecular weight excluding hydrogens is 354 g/mol. The van der Waals surface area contributed by atoms with Gasteiger partial charge in [0.1, 0.15) is 12.1 Å². The number of rotatable bonds is 12. The van der Waals surface area contributed by atoms with Gasteiger partial charge in [-0.2, -0.15) is 0 Å². The minimum absolute atomic E-state index is 0.122. The van der Waals surface area contributed by atoms with E-state index >= 15 is 0 Å². The van der Waals surface area contributed by atoms with Crippen LogP contribution in [0, 0.1) is 0 Å². The summed E-state index contributed by atoms with van der Waals surface area (Å²) in [6, 6.07) is -4.58. The third-order valence-corrected chi connectivity index (χ3v) is 3.07. The van der Waals surface area contributed by atoms with Crippen LogP contribution in [0.2, 0.25) is 0 Å². The Kier molecular flexibility index (Phi) is 9.29. The smallest absolute Gasteiger partial charge is 0.326 e. The van der Waals surface area contributed by atoms with E-state index < -0.39 is 66.5 Å². The lowest BCUT2D eigenvalue weighted by molar-refractivity contribution is -0.147. The number of amides is 4. The Balaban J connectivity index is 5.05. The topological polar surface area (TPSA) is 245 Å². The van der Waals surface area contributed by atoms with Gasteiger partial charge in [0.05, 0.1) is 18.9 Å². The molecule has 10 N–H and O–H groups in total. The summed E-state index contributed by atoms with van der Waals surface area (Å²) in [7, 11) is 0. The minimum atomic E-state index is -1.78. The number of carboxylic acid groups (broad SMARTS) is 2. The third-order valence-electron chi connectivity index (χ3n) is 3.07. The summed E-state index contributed by atoms with van der Waals surface area (Å²) in [6.45, 7) is 0. The molecule has 0 bridgehead atoms. The molecule has 0 radical (unpaired) electrons. The lowest BCUT2D eigenvalue weighted by Gasteiger charge is -2.21. The fourth-order valence-corrected chi connectivity index (χ4v) is 1.77. The summed E-state index contributed by atoms with van der Waals surface area (Å²) in [5.41, 5.74) is 15.4. The van der Waals surface area contributed by atoms with Crippen LogP contribution in [-0.4, -0.2) is 63.9 Å². The summed E-state index contributed by atoms with van der Waals surface area (Å²) in [4.78, 5) is 67.4. The molecule has 3 atom stereocenters. The first kappa shape index (κ1) is 22.8. The molecule has 0 saturated carbocycles. The van der Waals surface area contributed by atoms with Gasteiger partial charge in [-0.25, -0.2) is 4.79 Å². The molecule has 0 aliphatic heterocycles. The second-order valence-electron chi connectivity index (χ2n) is 5.34. The molecular formula is C13H21N5O8. The molecule has 0 saturated heterocycles. The average molecular weight is 375 g/mol. The number of primary amides is 2. The van der Waals surface area contributed by atoms with Gasteiger partial charge < -0.3 is 38.0 Å². The predicted molar refractivity (Wildman–Crippen MR) is 84.0 cm³/mol. The van der Waals surface area contributed by atoms with Crippen LogP contribution >= 0.6 is 0 Å². The summed E-state index contributed by atoms with van der Waals surface area (Å²) in [5.74, 6) is -6.82. The Labute approximate surface area is 147 Å². The van der Waals surface area contributed by atoms with E-state index in [0.29, 0.717) is 0 Å². The molecule has 0 aliphatic rings. The van der Waals surface area contributed by atoms with Gasteiger partial charge in [-0.15, -0.1) is 0 Å². The van der Waals surface area contributed by atoms with Crippen LogP contribution in [0.4, 0.5) is 0 Å². The first-order valence-corrected chi connectivity index (χ1v) is 7.31. The standard InChI is InChI=1S/C13H21N5O8/c14-5(1-2-8(15)19)11(23)17-6(3-9(16)20)12(24)18-7(13(25)26)4-10(21)22/h5-7H,1-4,14H2,(H2,15,19)(H2,16,20)(H,17,23)(H,18,24)(H,21,22)(H,25,26). The fraction of sp³-hybridized carbons (Fsp3) is 0.538. The molecule has 146 valence electrons. The largest absolute Gasteiger partial charge is 0.481 e. The van der Waals surface area contributed by atoms with Crippen molar-refractivity contribution in [1.29, 1.82) is 0 Å². The van der Waals surface area contributed by atoms with Crippen molar-refractivity contribution in [1.82, 2.24) is 10.6 Å². The number of hydrogen-bond acceptors (Lipinski definition) is 7. The van der Waals surface area contributed by atoms with Gasteiger partial charge in [0.2, 0.25) is 23.6 Å². The number of hydrogen-bond donors (Lipinski definition) is 7. The molecule has 0 heterocycles. The van der Waals surface area contributed by atoms with Crippen molar-refractivity contribution in [2.45, 2.75) is 43.8 Å². The lowest BCUT2D eigenvalue weighted by atomic mass is 10.1. The minimum Gasteiger partial charge on any atom is -0.481 e. The van der Waals surface area contributed by atoms with Gasteiger partial charge in [-0.3, -0.25) is 24.0 Å². The zero-order valence-corrected chi connectivity index (χ0v) is 13.6. The number of nitrogens with one attached hydrogen (secondary N) is 2. The normalized spacial score (nSPS) is 13.7. The Morgan fingerprint density at radius 3 is 1.77 bits per heavy atom. The van der Waals surface area contributed by atoms with Crippen LogP contribution in [0.25, 0.3) is 0 Å². The highest BCUT2D eigenvalue weighted by Gasteiger charge is 2.30. The molecule has 0 aromatic heterocycles. The van der Waals surface area contributed by atoms with E-state index in [1.54, 1.807) is 0 Å². The highest BCUT2D eigenvalue weighted by Crippen LogP contribution is 2.00. The van der Waals surface area contributed by atoms with E-state index in [1.165, 1.54) is 0 Å². The molecule has 4 amide bonds. The van der Waals surface area contributed by atoms with E-state index in [4.69, 9.17) is 27.4 Å². The molecule has 3 unspecified atom stereocenters. The van der Waals surface area contributed by atoms with Crippen molar-refractivity contribution < 1.29 is 39.0 Å². The second kappa shape index (κ2) is 10.6. The summed E-state index contributed by atoms with van der Waals surface area (Å²) in [5, 5.41) is 21.5. The zero-order chi connectivity index (χ0) is 20.4. The second-order valence-corrected chi connectivity index (χ2v) is 5.34. The van der Waals surface area contributed by atoms with Crippen molar-refractivity contribution in [3.8, 4) is 0 Å². The van der Waals surface area contributed by atoms with Crippen molar-refractivity contribution in [2.75, 3.05) is 0 Å². The Bertz CT molecular complexity index is 593. The van der Waals surface area contributed by atoms with Crippen molar-refractivity contribution in [2.24, 2.45) is 17.2 Å². The van der Waals surface area contributed by atoms with Crippen LogP contribution < -0.4 is 27.8 Å². The number of carbonyl (C=O) groups excluding carboxylic acids is 4. The van der Waals surface area contributed by atoms with Crippen LogP contribution in [-0.2, 0) is 28.8 Å². The molecule has 0 aliphatic carbocycles. The SMILES string of the molecule is NC(=O)CCC(N)C(=O)NC(CC(N)=O)C(=O)NC(CC(=O)O)C(=O)O. The lowest BCUT2D eigenvalue weighted by Crippen LogP contribution is -2.55. The maximum Gasteiger partial charge on any atom is 0.326 e. The summed E-state index contributed by atoms with van der Waals surface area (Å²) in [6.07, 6.45) is -1.92. The number of nitrogens with two attached hydrogens (primary N) is 3. The number of carbonyl (C=O) groups is 6. The highest BCUT2D eigenvalue weighted by molar-refractivity contribution is 5.95. The van der Waals surface area contributed by atoms with Gasteiger partial charge in [0, 0.05) is 6.42 Å². The van der Waals surface area contributed by atoms with E-state index in [-0.39, 0.29) is 12.8 Å². The Morgan fingerprint density at radius 2 is 1.35 bits per heavy atom. The quantitative estimate of drug-likeness (QED) is 0.175. The molecule has 0 rings (SSSR count). The first-order valence-electron chi connectivity index (χ1n) is 7.31. The molecule has 26 heavy (non-hydrogen) atoms. The van der Waals surface area contributed by atoms with Gasteiger partial charge >= 0.3 is 11.9 Å². The van der Waals surface area contributed by atoms with Crippen LogP contribution in [0.3, 0.4) is 0 Å². The van der Waals surface area contributed by atoms with Crippen LogP contribution in [0.1, 0.15) is 25.7 Å². The van der Waals surface area contributed by atoms with E-state index in [9.17, 15) is 28.8 Å². The fourth-order valence-electron chi connectivity index (χ4n) is 1.77. The predicted octanol–water partition coefficient (Wildman–Crippen LogP) is -4.02. The monoisotopic (exact) mass is 375 g/mol. The maximum atomic E-state index is 12.1.